The van der Waals surface area contributed by atoms with E-state index in [0.717, 1.165) is 11.5 Å². The lowest BCUT2D eigenvalue weighted by atomic mass is 10.6. The number of hydrogen-bond acceptors (Lipinski definition) is 3. The Hall–Kier alpha value is 0.850. The molecule has 0 heterocycles. The summed E-state index contributed by atoms with van der Waals surface area (Å²) in [6.45, 7) is 5.66. The average molecular weight is 244 g/mol. The summed E-state index contributed by atoms with van der Waals surface area (Å²) in [6, 6.07) is 0. The minimum absolute atomic E-state index is 0.494. The van der Waals surface area contributed by atoms with E-state index in [1.807, 2.05) is 20.8 Å². The van der Waals surface area contributed by atoms with Crippen molar-refractivity contribution in [3.8, 4) is 0 Å². The fourth-order valence-corrected chi connectivity index (χ4v) is 5.95. The van der Waals surface area contributed by atoms with E-state index in [4.69, 9.17) is 0 Å². The topological polar surface area (TPSA) is 57.5 Å². The van der Waals surface area contributed by atoms with Gasteiger partial charge in [0.1, 0.15) is 0 Å². The maximum Gasteiger partial charge on any atom is 0.351 e. The van der Waals surface area contributed by atoms with Crippen molar-refractivity contribution in [2.75, 3.05) is 11.5 Å². The van der Waals surface area contributed by atoms with Gasteiger partial charge < -0.3 is 9.79 Å². The Morgan fingerprint density at radius 3 is 1.69 bits per heavy atom. The van der Waals surface area contributed by atoms with Gasteiger partial charge >= 0.3 is 7.60 Å². The van der Waals surface area contributed by atoms with E-state index >= 15 is 0 Å². The van der Waals surface area contributed by atoms with Crippen molar-refractivity contribution < 1.29 is 14.4 Å². The zero-order valence-corrected chi connectivity index (χ0v) is 10.7. The van der Waals surface area contributed by atoms with Gasteiger partial charge in [-0.2, -0.15) is 0 Å². The number of hydrogen-bond donors (Lipinski definition) is 2. The van der Waals surface area contributed by atoms with E-state index in [-0.39, 0.29) is 0 Å². The maximum absolute atomic E-state index is 11.3. The molecule has 0 aliphatic carbocycles. The molecule has 0 saturated heterocycles. The van der Waals surface area contributed by atoms with Gasteiger partial charge in [0.2, 0.25) is 0 Å². The van der Waals surface area contributed by atoms with Crippen LogP contribution >= 0.6 is 31.1 Å². The fourth-order valence-electron chi connectivity index (χ4n) is 1.07. The van der Waals surface area contributed by atoms with Crippen molar-refractivity contribution in [2.24, 2.45) is 0 Å². The minimum atomic E-state index is -4.01. The molecule has 0 aromatic heterocycles. The smallest absolute Gasteiger partial charge is 0.323 e. The largest absolute Gasteiger partial charge is 0.351 e. The fraction of sp³-hybridized carbons (Fsp3) is 1.00. The zero-order valence-electron chi connectivity index (χ0n) is 8.19. The van der Waals surface area contributed by atoms with Crippen LogP contribution in [0.2, 0.25) is 0 Å². The Bertz CT molecular complexity index is 186. The van der Waals surface area contributed by atoms with Crippen molar-refractivity contribution in [1.29, 1.82) is 0 Å². The molecule has 0 aliphatic heterocycles. The first-order valence-electron chi connectivity index (χ1n) is 4.27. The van der Waals surface area contributed by atoms with Crippen LogP contribution in [0.4, 0.5) is 0 Å². The highest BCUT2D eigenvalue weighted by Gasteiger charge is 2.45. The highest BCUT2D eigenvalue weighted by molar-refractivity contribution is 8.25. The van der Waals surface area contributed by atoms with Gasteiger partial charge in [-0.3, -0.25) is 4.57 Å². The van der Waals surface area contributed by atoms with Crippen LogP contribution < -0.4 is 0 Å². The SMILES string of the molecule is CCSC(CC)(SCC)P(=O)(O)O. The Morgan fingerprint density at radius 2 is 1.54 bits per heavy atom. The summed E-state index contributed by atoms with van der Waals surface area (Å²) in [7, 11) is -4.01. The Labute approximate surface area is 88.2 Å². The van der Waals surface area contributed by atoms with E-state index in [0.29, 0.717) is 6.42 Å². The normalized spacial score (nSPS) is 13.3. The van der Waals surface area contributed by atoms with E-state index in [1.165, 1.54) is 23.5 Å². The van der Waals surface area contributed by atoms with Crippen LogP contribution in [0.25, 0.3) is 0 Å². The van der Waals surface area contributed by atoms with Crippen molar-refractivity contribution in [3.63, 3.8) is 0 Å². The highest BCUT2D eigenvalue weighted by atomic mass is 32.2. The van der Waals surface area contributed by atoms with Gasteiger partial charge in [0.05, 0.1) is 0 Å². The van der Waals surface area contributed by atoms with Crippen LogP contribution in [0.15, 0.2) is 0 Å². The quantitative estimate of drug-likeness (QED) is 0.556. The molecule has 0 aromatic rings. The molecule has 13 heavy (non-hydrogen) atoms. The van der Waals surface area contributed by atoms with Gasteiger partial charge in [0.15, 0.2) is 3.82 Å². The monoisotopic (exact) mass is 244 g/mol. The zero-order chi connectivity index (χ0) is 10.5. The van der Waals surface area contributed by atoms with Crippen LogP contribution in [0, 0.1) is 0 Å². The average Bonchev–Trinajstić information content (AvgIpc) is 2.02. The second-order valence-electron chi connectivity index (χ2n) is 2.48. The van der Waals surface area contributed by atoms with E-state index in [2.05, 4.69) is 0 Å². The van der Waals surface area contributed by atoms with E-state index < -0.39 is 11.4 Å². The molecule has 80 valence electrons. The molecule has 0 fully saturated rings. The molecule has 0 bridgehead atoms. The van der Waals surface area contributed by atoms with Crippen molar-refractivity contribution in [3.05, 3.63) is 0 Å². The van der Waals surface area contributed by atoms with Gasteiger partial charge in [-0.1, -0.05) is 20.8 Å². The predicted molar refractivity (Wildman–Crippen MR) is 61.3 cm³/mol. The third-order valence-electron chi connectivity index (χ3n) is 1.63. The minimum Gasteiger partial charge on any atom is -0.323 e. The Balaban J connectivity index is 4.75. The standard InChI is InChI=1S/C7H17O3PS2/c1-4-7(12-5-2,13-6-3)11(8,9)10/h4-6H2,1-3H3,(H2,8,9,10). The van der Waals surface area contributed by atoms with Crippen molar-refractivity contribution >= 4 is 31.1 Å². The van der Waals surface area contributed by atoms with Crippen LogP contribution in [0.1, 0.15) is 27.2 Å². The molecule has 3 nitrogen and oxygen atoms in total. The predicted octanol–water partition coefficient (Wildman–Crippen LogP) is 2.73. The molecular formula is C7H17O3PS2. The third-order valence-corrected chi connectivity index (χ3v) is 7.80. The van der Waals surface area contributed by atoms with Crippen LogP contribution in [0.5, 0.6) is 0 Å². The van der Waals surface area contributed by atoms with Gasteiger partial charge in [0.25, 0.3) is 0 Å². The molecule has 2 N–H and O–H groups in total. The van der Waals surface area contributed by atoms with E-state index in [1.54, 1.807) is 0 Å². The second-order valence-corrected chi connectivity index (χ2v) is 8.32. The summed E-state index contributed by atoms with van der Waals surface area (Å²) in [5.41, 5.74) is 0. The maximum atomic E-state index is 11.3. The molecule has 6 heteroatoms. The van der Waals surface area contributed by atoms with Gasteiger partial charge in [-0.25, -0.2) is 0 Å². The van der Waals surface area contributed by atoms with Crippen LogP contribution in [0.3, 0.4) is 0 Å². The lowest BCUT2D eigenvalue weighted by molar-refractivity contribution is 0.365. The van der Waals surface area contributed by atoms with Crippen LogP contribution in [-0.2, 0) is 4.57 Å². The lowest BCUT2D eigenvalue weighted by Crippen LogP contribution is -2.20. The lowest BCUT2D eigenvalue weighted by Gasteiger charge is -2.31. The van der Waals surface area contributed by atoms with Crippen LogP contribution in [-0.4, -0.2) is 25.1 Å². The first-order valence-corrected chi connectivity index (χ1v) is 7.85. The van der Waals surface area contributed by atoms with Gasteiger partial charge in [0, 0.05) is 0 Å². The summed E-state index contributed by atoms with van der Waals surface area (Å²) in [6.07, 6.45) is 0.494. The Morgan fingerprint density at radius 1 is 1.15 bits per heavy atom. The second kappa shape index (κ2) is 5.66. The van der Waals surface area contributed by atoms with Gasteiger partial charge in [-0.05, 0) is 17.9 Å². The van der Waals surface area contributed by atoms with Gasteiger partial charge in [-0.15, -0.1) is 23.5 Å². The summed E-state index contributed by atoms with van der Waals surface area (Å²) in [5.74, 6) is 1.46. The summed E-state index contributed by atoms with van der Waals surface area (Å²) >= 11 is 2.71. The third kappa shape index (κ3) is 3.48. The highest BCUT2D eigenvalue weighted by Crippen LogP contribution is 2.64. The first kappa shape index (κ1) is 13.8. The molecule has 0 aromatic carbocycles. The van der Waals surface area contributed by atoms with Crippen molar-refractivity contribution in [1.82, 2.24) is 0 Å². The molecular weight excluding hydrogens is 227 g/mol. The molecule has 0 atom stereocenters. The first-order chi connectivity index (χ1) is 5.93. The summed E-state index contributed by atoms with van der Waals surface area (Å²) in [4.78, 5) is 18.5. The van der Waals surface area contributed by atoms with Crippen molar-refractivity contribution in [2.45, 2.75) is 31.0 Å². The summed E-state index contributed by atoms with van der Waals surface area (Å²) in [5, 5.41) is 0. The molecule has 0 rings (SSSR count). The van der Waals surface area contributed by atoms with E-state index in [9.17, 15) is 14.4 Å². The molecule has 0 amide bonds. The number of rotatable bonds is 6. The molecule has 0 spiro atoms. The molecule has 0 radical (unpaired) electrons. The Kier molecular flexibility index (Phi) is 6.03. The number of thioether (sulfide) groups is 2. The molecule has 0 saturated carbocycles. The summed E-state index contributed by atoms with van der Waals surface area (Å²) < 4.78 is 10.4. The molecule has 0 unspecified atom stereocenters. The molecule has 0 aliphatic rings.